The zero-order chi connectivity index (χ0) is 49.9. The molecule has 0 saturated heterocycles. The monoisotopic (exact) mass is 1150 g/mol. The van der Waals surface area contributed by atoms with Crippen LogP contribution in [0.3, 0.4) is 0 Å². The molecule has 13 aromatic rings. The number of hydrogen-bond acceptors (Lipinski definition) is 4. The van der Waals surface area contributed by atoms with Crippen LogP contribution in [0.4, 0.5) is 22.7 Å². The second-order valence-corrected chi connectivity index (χ2v) is 20.8. The van der Waals surface area contributed by atoms with Crippen molar-refractivity contribution in [2.45, 2.75) is 26.2 Å². The number of nitrogens with zero attached hydrogens (tertiary/aromatic N) is 4. The summed E-state index contributed by atoms with van der Waals surface area (Å²) in [6, 6.07) is 86.2. The van der Waals surface area contributed by atoms with E-state index in [1.165, 1.54) is 27.3 Å². The fourth-order valence-corrected chi connectivity index (χ4v) is 11.9. The van der Waals surface area contributed by atoms with Crippen LogP contribution in [0.5, 0.6) is 11.5 Å². The molecule has 6 heteroatoms. The largest absolute Gasteiger partial charge is 0.509 e. The Bertz CT molecular complexity index is 4480. The van der Waals surface area contributed by atoms with Gasteiger partial charge in [0, 0.05) is 88.8 Å². The Labute approximate surface area is 455 Å². The molecule has 0 aliphatic carbocycles. The van der Waals surface area contributed by atoms with Crippen LogP contribution in [-0.2, 0) is 26.5 Å². The number of aromatic nitrogens is 2. The van der Waals surface area contributed by atoms with Gasteiger partial charge in [0.2, 0.25) is 0 Å². The predicted molar refractivity (Wildman–Crippen MR) is 311 cm³/mol. The molecule has 0 amide bonds. The van der Waals surface area contributed by atoms with E-state index >= 15 is 0 Å². The van der Waals surface area contributed by atoms with Gasteiger partial charge in [0.15, 0.2) is 0 Å². The first-order chi connectivity index (χ1) is 36.9. The van der Waals surface area contributed by atoms with E-state index in [1.807, 2.05) is 18.3 Å². The molecule has 0 saturated carbocycles. The SMILES string of the molecule is CC(C)(C)c1cc2c3ccccc3c3ccccc3c3cccnc3n3c4[c-]c(Oc5[c-]c6c(cc5)-c5ccccc5-c5cccc7c5N6[CH-]N7c5c(-c6ccccc6)cccc5-c5ccccc5)ccc4c(c1)c23.[Pt]. The second kappa shape index (κ2) is 17.7. The van der Waals surface area contributed by atoms with Crippen LogP contribution < -0.4 is 14.5 Å². The summed E-state index contributed by atoms with van der Waals surface area (Å²) in [5, 5.41) is 9.10. The van der Waals surface area contributed by atoms with E-state index < -0.39 is 0 Å². The first-order valence-corrected chi connectivity index (χ1v) is 25.7. The van der Waals surface area contributed by atoms with Crippen LogP contribution in [0, 0.1) is 18.8 Å². The van der Waals surface area contributed by atoms with E-state index in [-0.39, 0.29) is 26.5 Å². The summed E-state index contributed by atoms with van der Waals surface area (Å²) < 4.78 is 9.38. The molecule has 2 aliphatic rings. The van der Waals surface area contributed by atoms with Gasteiger partial charge in [-0.3, -0.25) is 0 Å². The second-order valence-electron chi connectivity index (χ2n) is 20.8. The molecular weight excluding hydrogens is 1110 g/mol. The van der Waals surface area contributed by atoms with Crippen molar-refractivity contribution in [3.8, 4) is 56.0 Å². The number of hydrogen-bond donors (Lipinski definition) is 0. The summed E-state index contributed by atoms with van der Waals surface area (Å²) in [6.45, 7) is 9.14. The van der Waals surface area contributed by atoms with Gasteiger partial charge in [-0.25, -0.2) is 4.98 Å². The molecule has 0 spiro atoms. The normalized spacial score (nSPS) is 12.7. The zero-order valence-electron chi connectivity index (χ0n) is 42.0. The Morgan fingerprint density at radius 3 is 1.63 bits per heavy atom. The first-order valence-electron chi connectivity index (χ1n) is 25.7. The molecule has 0 atom stereocenters. The maximum atomic E-state index is 7.05. The molecule has 5 nitrogen and oxygen atoms in total. The number of benzene rings is 10. The molecule has 0 unspecified atom stereocenters. The topological polar surface area (TPSA) is 33.0 Å². The van der Waals surface area contributed by atoms with E-state index in [2.05, 4.69) is 260 Å². The van der Waals surface area contributed by atoms with Crippen LogP contribution in [-0.4, -0.2) is 9.38 Å². The van der Waals surface area contributed by atoms with Crippen LogP contribution in [0.1, 0.15) is 26.3 Å². The molecular formula is C70H47N4OPt-3. The maximum absolute atomic E-state index is 7.05. The van der Waals surface area contributed by atoms with Crippen molar-refractivity contribution < 1.29 is 25.8 Å². The van der Waals surface area contributed by atoms with Gasteiger partial charge < -0.3 is 18.9 Å². The van der Waals surface area contributed by atoms with Crippen molar-refractivity contribution >= 4 is 82.5 Å². The summed E-state index contributed by atoms with van der Waals surface area (Å²) in [5.41, 5.74) is 17.3. The Morgan fingerprint density at radius 2 is 0.961 bits per heavy atom. The quantitative estimate of drug-likeness (QED) is 0.161. The fourth-order valence-electron chi connectivity index (χ4n) is 11.9. The van der Waals surface area contributed by atoms with Crippen LogP contribution in [0.2, 0.25) is 0 Å². The summed E-state index contributed by atoms with van der Waals surface area (Å²) in [7, 11) is 0. The molecule has 3 aromatic heterocycles. The Hall–Kier alpha value is -8.76. The zero-order valence-corrected chi connectivity index (χ0v) is 44.2. The third-order valence-corrected chi connectivity index (χ3v) is 15.4. The van der Waals surface area contributed by atoms with Gasteiger partial charge >= 0.3 is 0 Å². The first kappa shape index (κ1) is 45.8. The number of fused-ring (bicyclic) bond motifs is 15. The van der Waals surface area contributed by atoms with E-state index in [0.717, 1.165) is 105 Å². The average molecular weight is 1160 g/mol. The van der Waals surface area contributed by atoms with Gasteiger partial charge in [0.05, 0.1) is 0 Å². The van der Waals surface area contributed by atoms with Crippen molar-refractivity contribution in [1.29, 1.82) is 0 Å². The minimum absolute atomic E-state index is 0. The van der Waals surface area contributed by atoms with E-state index in [4.69, 9.17) is 9.72 Å². The molecule has 0 bridgehead atoms. The molecule has 76 heavy (non-hydrogen) atoms. The predicted octanol–water partition coefficient (Wildman–Crippen LogP) is 18.7. The van der Waals surface area contributed by atoms with E-state index in [1.54, 1.807) is 0 Å². The van der Waals surface area contributed by atoms with Crippen molar-refractivity contribution in [1.82, 2.24) is 9.38 Å². The Kier molecular flexibility index (Phi) is 10.7. The number of rotatable bonds is 5. The molecule has 0 N–H and O–H groups in total. The molecule has 5 heterocycles. The molecule has 366 valence electrons. The molecule has 0 fully saturated rings. The van der Waals surface area contributed by atoms with Crippen LogP contribution >= 0.6 is 0 Å². The number of pyridine rings is 1. The smallest absolute Gasteiger partial charge is 0.143 e. The summed E-state index contributed by atoms with van der Waals surface area (Å²) in [5.74, 6) is 1.17. The van der Waals surface area contributed by atoms with Gasteiger partial charge in [0.25, 0.3) is 0 Å². The molecule has 2 aliphatic heterocycles. The summed E-state index contributed by atoms with van der Waals surface area (Å²) >= 11 is 0. The van der Waals surface area contributed by atoms with Crippen molar-refractivity contribution in [2.24, 2.45) is 0 Å². The van der Waals surface area contributed by atoms with Crippen molar-refractivity contribution in [3.05, 3.63) is 249 Å². The average Bonchev–Trinajstić information content (AvgIpc) is 4.11. The summed E-state index contributed by atoms with van der Waals surface area (Å²) in [4.78, 5) is 9.93. The minimum atomic E-state index is -0.116. The third kappa shape index (κ3) is 7.06. The fraction of sp³-hybridized carbons (Fsp3) is 0.0571. The van der Waals surface area contributed by atoms with Crippen molar-refractivity contribution in [3.63, 3.8) is 0 Å². The number of anilines is 4. The van der Waals surface area contributed by atoms with Gasteiger partial charge in [-0.1, -0.05) is 207 Å². The minimum Gasteiger partial charge on any atom is -0.509 e. The Morgan fingerprint density at radius 1 is 0.434 bits per heavy atom. The van der Waals surface area contributed by atoms with Gasteiger partial charge in [-0.15, -0.1) is 41.9 Å². The van der Waals surface area contributed by atoms with Crippen LogP contribution in [0.25, 0.3) is 104 Å². The maximum Gasteiger partial charge on any atom is 0.143 e. The molecule has 0 radical (unpaired) electrons. The van der Waals surface area contributed by atoms with Gasteiger partial charge in [-0.2, -0.15) is 12.1 Å². The van der Waals surface area contributed by atoms with Crippen molar-refractivity contribution in [2.75, 3.05) is 9.80 Å². The molecule has 10 aromatic carbocycles. The van der Waals surface area contributed by atoms with Crippen LogP contribution in [0.15, 0.2) is 225 Å². The Balaban J connectivity index is 0.00000528. The standard InChI is InChI=1S/C70H47N4O.Pt/c1-70(2,3)46-39-61-56-28-15-11-24-52(56)51-23-10-14-27-55(51)60-32-18-38-71-69(60)74-65-42-48(35-37-58(65)62(40-46)67(61)74)75-47-34-36-57-53-25-12-13-26-54(53)59-31-17-33-63-68(59)73(64(57)41-47)43-72(63)66-49(44-19-6-4-7-20-44)29-16-30-50(66)45-21-8-5-9-22-45;/h4-40,43H,1-3H3;/q-3;. The van der Waals surface area contributed by atoms with Gasteiger partial charge in [0.1, 0.15) is 5.65 Å². The van der Waals surface area contributed by atoms with Gasteiger partial charge in [-0.05, 0) is 78.9 Å². The van der Waals surface area contributed by atoms with E-state index in [0.29, 0.717) is 11.5 Å². The number of ether oxygens (including phenoxy) is 1. The number of para-hydroxylation sites is 2. The summed E-state index contributed by atoms with van der Waals surface area (Å²) in [6.07, 6.45) is 1.90. The molecule has 15 rings (SSSR count). The van der Waals surface area contributed by atoms with E-state index in [9.17, 15) is 0 Å². The third-order valence-electron chi connectivity index (χ3n) is 15.4.